The van der Waals surface area contributed by atoms with Crippen LogP contribution in [-0.2, 0) is 6.18 Å². The van der Waals surface area contributed by atoms with Crippen molar-refractivity contribution in [1.29, 1.82) is 0 Å². The summed E-state index contributed by atoms with van der Waals surface area (Å²) in [5.74, 6) is -0.121. The van der Waals surface area contributed by atoms with E-state index in [9.17, 15) is 22.8 Å². The van der Waals surface area contributed by atoms with Gasteiger partial charge in [-0.2, -0.15) is 13.2 Å². The molecule has 1 saturated carbocycles. The summed E-state index contributed by atoms with van der Waals surface area (Å²) in [6.07, 6.45) is 0.376. The van der Waals surface area contributed by atoms with Crippen LogP contribution in [0.15, 0.2) is 52.9 Å². The first-order chi connectivity index (χ1) is 14.9. The number of carbonyl (C=O) groups is 2. The number of carbonyl (C=O) groups excluding carboxylic acids is 2. The molecule has 0 spiro atoms. The van der Waals surface area contributed by atoms with E-state index in [4.69, 9.17) is 4.42 Å². The topological polar surface area (TPSA) is 47.3 Å². The Hall–Kier alpha value is -3.15. The molecule has 0 unspecified atom stereocenters. The molecule has 2 aliphatic rings. The van der Waals surface area contributed by atoms with E-state index in [-0.39, 0.29) is 28.8 Å². The first-order valence-electron chi connectivity index (χ1n) is 10.4. The summed E-state index contributed by atoms with van der Waals surface area (Å²) >= 11 is 0. The number of ketones is 2. The average Bonchev–Trinajstić information content (AvgIpc) is 3.19. The highest BCUT2D eigenvalue weighted by Crippen LogP contribution is 2.45. The second-order valence-electron chi connectivity index (χ2n) is 8.16. The van der Waals surface area contributed by atoms with Crippen LogP contribution in [0.1, 0.15) is 81.4 Å². The third kappa shape index (κ3) is 3.21. The molecule has 0 saturated heterocycles. The molecule has 0 atom stereocenters. The number of halogens is 3. The fourth-order valence-corrected chi connectivity index (χ4v) is 4.73. The molecule has 3 aromatic rings. The molecule has 1 fully saturated rings. The summed E-state index contributed by atoms with van der Waals surface area (Å²) in [5.41, 5.74) is 0.916. The summed E-state index contributed by atoms with van der Waals surface area (Å²) < 4.78 is 45.3. The van der Waals surface area contributed by atoms with E-state index < -0.39 is 11.7 Å². The van der Waals surface area contributed by atoms with Crippen LogP contribution in [0, 0.1) is 0 Å². The fraction of sp³-hybridized carbons (Fsp3) is 0.280. The van der Waals surface area contributed by atoms with Gasteiger partial charge in [0.25, 0.3) is 0 Å². The lowest BCUT2D eigenvalue weighted by Gasteiger charge is -2.21. The zero-order chi connectivity index (χ0) is 21.8. The smallest absolute Gasteiger partial charge is 0.416 e. The van der Waals surface area contributed by atoms with E-state index in [1.165, 1.54) is 12.1 Å². The van der Waals surface area contributed by atoms with E-state index in [0.717, 1.165) is 44.2 Å². The van der Waals surface area contributed by atoms with Crippen LogP contribution < -0.4 is 0 Å². The van der Waals surface area contributed by atoms with Crippen molar-refractivity contribution in [2.45, 2.75) is 44.2 Å². The molecule has 158 valence electrons. The maximum absolute atomic E-state index is 13.4. The van der Waals surface area contributed by atoms with E-state index in [1.54, 1.807) is 24.3 Å². The molecule has 0 aliphatic heterocycles. The van der Waals surface area contributed by atoms with E-state index in [2.05, 4.69) is 0 Å². The van der Waals surface area contributed by atoms with Gasteiger partial charge in [-0.05, 0) is 30.5 Å². The van der Waals surface area contributed by atoms with E-state index in [0.29, 0.717) is 28.0 Å². The molecule has 1 aromatic heterocycles. The lowest BCUT2D eigenvalue weighted by Crippen LogP contribution is -2.19. The summed E-state index contributed by atoms with van der Waals surface area (Å²) in [6, 6.07) is 11.3. The van der Waals surface area contributed by atoms with Gasteiger partial charge in [-0.15, -0.1) is 0 Å². The van der Waals surface area contributed by atoms with Crippen LogP contribution in [0.25, 0.3) is 11.1 Å². The highest BCUT2D eigenvalue weighted by atomic mass is 19.4. The number of rotatable bonds is 2. The van der Waals surface area contributed by atoms with Crippen molar-refractivity contribution in [3.63, 3.8) is 0 Å². The minimum absolute atomic E-state index is 0.000767. The highest BCUT2D eigenvalue weighted by Gasteiger charge is 2.39. The van der Waals surface area contributed by atoms with Crippen molar-refractivity contribution in [3.05, 3.63) is 82.3 Å². The van der Waals surface area contributed by atoms with Gasteiger partial charge in [-0.1, -0.05) is 55.7 Å². The number of hydrogen-bond acceptors (Lipinski definition) is 3. The molecule has 5 rings (SSSR count). The van der Waals surface area contributed by atoms with Crippen LogP contribution in [0.2, 0.25) is 0 Å². The van der Waals surface area contributed by atoms with Gasteiger partial charge in [0.15, 0.2) is 11.5 Å². The van der Waals surface area contributed by atoms with Crippen LogP contribution >= 0.6 is 0 Å². The monoisotopic (exact) mass is 424 g/mol. The van der Waals surface area contributed by atoms with Crippen LogP contribution in [0.5, 0.6) is 0 Å². The molecular weight excluding hydrogens is 405 g/mol. The third-order valence-corrected chi connectivity index (χ3v) is 6.26. The van der Waals surface area contributed by atoms with Crippen molar-refractivity contribution in [3.8, 4) is 11.1 Å². The number of hydrogen-bond donors (Lipinski definition) is 0. The molecule has 1 heterocycles. The van der Waals surface area contributed by atoms with Crippen LogP contribution in [0.3, 0.4) is 0 Å². The van der Waals surface area contributed by atoms with Gasteiger partial charge in [0.05, 0.1) is 11.1 Å². The molecule has 31 heavy (non-hydrogen) atoms. The summed E-state index contributed by atoms with van der Waals surface area (Å²) in [5, 5.41) is 0. The van der Waals surface area contributed by atoms with Gasteiger partial charge in [-0.3, -0.25) is 9.59 Å². The number of benzene rings is 2. The normalized spacial score (nSPS) is 16.9. The van der Waals surface area contributed by atoms with Crippen molar-refractivity contribution < 1.29 is 27.2 Å². The zero-order valence-electron chi connectivity index (χ0n) is 16.6. The fourth-order valence-electron chi connectivity index (χ4n) is 4.73. The Balaban J connectivity index is 1.72. The highest BCUT2D eigenvalue weighted by molar-refractivity contribution is 6.29. The Labute approximate surface area is 176 Å². The molecule has 3 nitrogen and oxygen atoms in total. The average molecular weight is 424 g/mol. The summed E-state index contributed by atoms with van der Waals surface area (Å²) in [7, 11) is 0. The lowest BCUT2D eigenvalue weighted by atomic mass is 9.81. The first kappa shape index (κ1) is 19.8. The second-order valence-corrected chi connectivity index (χ2v) is 8.16. The SMILES string of the molecule is O=C1c2ccccc2C(=O)c2c1oc(C1CCCCC1)c2-c1ccc(C(F)(F)F)cc1. The Bertz CT molecular complexity index is 1180. The Morgan fingerprint density at radius 3 is 2.00 bits per heavy atom. The van der Waals surface area contributed by atoms with Crippen molar-refractivity contribution in [2.75, 3.05) is 0 Å². The van der Waals surface area contributed by atoms with E-state index >= 15 is 0 Å². The minimum Gasteiger partial charge on any atom is -0.456 e. The van der Waals surface area contributed by atoms with Gasteiger partial charge in [0.2, 0.25) is 5.78 Å². The third-order valence-electron chi connectivity index (χ3n) is 6.26. The first-order valence-corrected chi connectivity index (χ1v) is 10.4. The van der Waals surface area contributed by atoms with Gasteiger partial charge in [0, 0.05) is 22.6 Å². The quantitative estimate of drug-likeness (QED) is 0.356. The van der Waals surface area contributed by atoms with Crippen molar-refractivity contribution in [2.24, 2.45) is 0 Å². The lowest BCUT2D eigenvalue weighted by molar-refractivity contribution is -0.137. The molecular formula is C25H19F3O3. The van der Waals surface area contributed by atoms with Gasteiger partial charge in [0.1, 0.15) is 5.76 Å². The molecule has 6 heteroatoms. The summed E-state index contributed by atoms with van der Waals surface area (Å²) in [4.78, 5) is 26.5. The van der Waals surface area contributed by atoms with Crippen molar-refractivity contribution >= 4 is 11.6 Å². The second kappa shape index (κ2) is 7.22. The maximum Gasteiger partial charge on any atom is 0.416 e. The number of alkyl halides is 3. The van der Waals surface area contributed by atoms with Gasteiger partial charge >= 0.3 is 6.18 Å². The molecule has 0 radical (unpaired) electrons. The summed E-state index contributed by atoms with van der Waals surface area (Å²) in [6.45, 7) is 0. The predicted molar refractivity (Wildman–Crippen MR) is 108 cm³/mol. The van der Waals surface area contributed by atoms with Gasteiger partial charge < -0.3 is 4.42 Å². The zero-order valence-corrected chi connectivity index (χ0v) is 16.6. The van der Waals surface area contributed by atoms with Crippen LogP contribution in [0.4, 0.5) is 13.2 Å². The molecule has 0 N–H and O–H groups in total. The van der Waals surface area contributed by atoms with Crippen LogP contribution in [-0.4, -0.2) is 11.6 Å². The number of furan rings is 1. The molecule has 2 aromatic carbocycles. The number of fused-ring (bicyclic) bond motifs is 2. The maximum atomic E-state index is 13.4. The van der Waals surface area contributed by atoms with E-state index in [1.807, 2.05) is 0 Å². The molecule has 2 aliphatic carbocycles. The standard InChI is InChI=1S/C25H19F3O3/c26-25(27,28)16-12-10-14(11-13-16)19-20-21(29)17-8-4-5-9-18(17)22(30)24(20)31-23(19)15-6-2-1-3-7-15/h4-5,8-13,15H,1-3,6-7H2. The Morgan fingerprint density at radius 2 is 1.39 bits per heavy atom. The Kier molecular flexibility index (Phi) is 4.61. The molecule has 0 bridgehead atoms. The largest absolute Gasteiger partial charge is 0.456 e. The van der Waals surface area contributed by atoms with Crippen molar-refractivity contribution in [1.82, 2.24) is 0 Å². The minimum atomic E-state index is -4.45. The van der Waals surface area contributed by atoms with Gasteiger partial charge in [-0.25, -0.2) is 0 Å². The predicted octanol–water partition coefficient (Wildman–Crippen LogP) is 6.79. The Morgan fingerprint density at radius 1 is 0.774 bits per heavy atom. The molecule has 0 amide bonds.